The maximum Gasteiger partial charge on any atom is 0.256 e. The highest BCUT2D eigenvalue weighted by molar-refractivity contribution is 7.99. The fraction of sp³-hybridized carbons (Fsp3) is 0.271. The lowest BCUT2D eigenvalue weighted by Gasteiger charge is -2.36. The van der Waals surface area contributed by atoms with E-state index in [1.807, 2.05) is 115 Å². The molecule has 59 heavy (non-hydrogen) atoms. The maximum atomic E-state index is 12.7. The number of benzene rings is 5. The van der Waals surface area contributed by atoms with Gasteiger partial charge in [0.25, 0.3) is 5.22 Å². The number of carbonyl (C=O) groups excluding carboxylic acids is 2. The molecule has 6 aromatic rings. The summed E-state index contributed by atoms with van der Waals surface area (Å²) in [6.07, 6.45) is 3.33. The molecule has 0 aliphatic carbocycles. The van der Waals surface area contributed by atoms with Crippen LogP contribution in [0.5, 0.6) is 0 Å². The number of unbranched alkanes of at least 4 members (excludes halogenated alkanes) is 3. The van der Waals surface area contributed by atoms with Gasteiger partial charge in [-0.05, 0) is 40.7 Å². The van der Waals surface area contributed by atoms with Crippen molar-refractivity contribution in [2.45, 2.75) is 81.8 Å². The van der Waals surface area contributed by atoms with E-state index in [2.05, 4.69) is 23.5 Å². The van der Waals surface area contributed by atoms with Crippen molar-refractivity contribution in [3.63, 3.8) is 0 Å². The van der Waals surface area contributed by atoms with Gasteiger partial charge in [0.2, 0.25) is 11.8 Å². The average molecular weight is 812 g/mol. The average Bonchev–Trinajstić information content (AvgIpc) is 3.74. The van der Waals surface area contributed by atoms with E-state index < -0.39 is 6.29 Å². The summed E-state index contributed by atoms with van der Waals surface area (Å²) in [5.74, 6) is 0.918. The fourth-order valence-electron chi connectivity index (χ4n) is 7.16. The topological polar surface area (TPSA) is 143 Å². The summed E-state index contributed by atoms with van der Waals surface area (Å²) in [7, 11) is 0. The number of nitrogens with one attached hydrogen (secondary N) is 2. The quantitative estimate of drug-likeness (QED) is 0.0289. The lowest BCUT2D eigenvalue weighted by atomic mass is 9.97. The lowest BCUT2D eigenvalue weighted by Crippen LogP contribution is -2.31. The monoisotopic (exact) mass is 811 g/mol. The van der Waals surface area contributed by atoms with Gasteiger partial charge >= 0.3 is 0 Å². The van der Waals surface area contributed by atoms with Crippen LogP contribution in [0.1, 0.15) is 79.6 Å². The van der Waals surface area contributed by atoms with Crippen molar-refractivity contribution in [2.24, 2.45) is 0 Å². The molecule has 1 fully saturated rings. The molecular formula is C48H49N3O7S. The number of hydroxylamine groups is 1. The number of aromatic nitrogens is 1. The normalized spacial score (nSPS) is 16.4. The first-order valence-corrected chi connectivity index (χ1v) is 21.1. The van der Waals surface area contributed by atoms with Crippen LogP contribution in [-0.2, 0) is 32.2 Å². The summed E-state index contributed by atoms with van der Waals surface area (Å²) in [5, 5.41) is 21.9. The third kappa shape index (κ3) is 11.3. The van der Waals surface area contributed by atoms with Crippen LogP contribution in [-0.4, -0.2) is 39.0 Å². The Morgan fingerprint density at radius 1 is 0.695 bits per heavy atom. The third-order valence-corrected chi connectivity index (χ3v) is 11.3. The van der Waals surface area contributed by atoms with Gasteiger partial charge in [0.15, 0.2) is 12.1 Å². The number of aliphatic hydroxyl groups is 1. The number of nitrogens with zero attached hydrogens (tertiary/aromatic N) is 1. The Balaban J connectivity index is 1.03. The summed E-state index contributed by atoms with van der Waals surface area (Å²) >= 11 is 1.53. The van der Waals surface area contributed by atoms with E-state index >= 15 is 0 Å². The molecule has 3 unspecified atom stereocenters. The molecule has 7 rings (SSSR count). The molecule has 5 aromatic carbocycles. The van der Waals surface area contributed by atoms with Crippen LogP contribution in [0.2, 0.25) is 0 Å². The number of carbonyl (C=O) groups is 2. The molecule has 304 valence electrons. The van der Waals surface area contributed by atoms with Crippen molar-refractivity contribution in [1.29, 1.82) is 0 Å². The molecule has 0 radical (unpaired) electrons. The molecule has 10 nitrogen and oxygen atoms in total. The highest BCUT2D eigenvalue weighted by Gasteiger charge is 2.33. The number of amides is 2. The Bertz CT molecular complexity index is 2190. The lowest BCUT2D eigenvalue weighted by molar-refractivity contribution is -0.245. The Labute approximate surface area is 349 Å². The zero-order valence-corrected chi connectivity index (χ0v) is 33.6. The summed E-state index contributed by atoms with van der Waals surface area (Å²) in [4.78, 5) is 28.8. The SMILES string of the molecule is O=C(CCCCCCC(=O)NCc1ccccc1-c1ccc(C2OC(CSc3nc(-c4ccccc4)c(-c4ccccc4)o3)CC(c3ccc(CO)cc3)O2)cc1)NO. The largest absolute Gasteiger partial charge is 0.431 e. The maximum absolute atomic E-state index is 12.7. The van der Waals surface area contributed by atoms with Crippen LogP contribution in [0.15, 0.2) is 143 Å². The second kappa shape index (κ2) is 20.9. The Morgan fingerprint density at radius 2 is 1.34 bits per heavy atom. The molecule has 1 aliphatic rings. The Morgan fingerprint density at radius 3 is 2.03 bits per heavy atom. The minimum absolute atomic E-state index is 0.0146. The van der Waals surface area contributed by atoms with Crippen LogP contribution in [0.3, 0.4) is 0 Å². The number of ether oxygens (including phenoxy) is 2. The fourth-order valence-corrected chi connectivity index (χ4v) is 8.01. The van der Waals surface area contributed by atoms with Crippen molar-refractivity contribution in [3.8, 4) is 33.7 Å². The van der Waals surface area contributed by atoms with Crippen molar-refractivity contribution in [1.82, 2.24) is 15.8 Å². The molecule has 3 atom stereocenters. The van der Waals surface area contributed by atoms with Gasteiger partial charge in [-0.25, -0.2) is 10.5 Å². The smallest absolute Gasteiger partial charge is 0.256 e. The zero-order valence-electron chi connectivity index (χ0n) is 32.8. The number of hydrogen-bond donors (Lipinski definition) is 4. The third-order valence-electron chi connectivity index (χ3n) is 10.4. The molecule has 0 bridgehead atoms. The molecule has 0 saturated carbocycles. The minimum Gasteiger partial charge on any atom is -0.431 e. The number of thioether (sulfide) groups is 1. The summed E-state index contributed by atoms with van der Waals surface area (Å²) in [6, 6.07) is 44.2. The van der Waals surface area contributed by atoms with Gasteiger partial charge in [-0.15, -0.1) is 0 Å². The molecule has 0 spiro atoms. The van der Waals surface area contributed by atoms with Crippen molar-refractivity contribution in [3.05, 3.63) is 156 Å². The van der Waals surface area contributed by atoms with Gasteiger partial charge in [0.05, 0.1) is 18.8 Å². The van der Waals surface area contributed by atoms with E-state index in [1.54, 1.807) is 5.48 Å². The summed E-state index contributed by atoms with van der Waals surface area (Å²) in [6.45, 7) is 0.379. The summed E-state index contributed by atoms with van der Waals surface area (Å²) in [5.41, 5.74) is 10.2. The van der Waals surface area contributed by atoms with E-state index in [9.17, 15) is 14.7 Å². The first kappa shape index (κ1) is 41.6. The Hall–Kier alpha value is -5.56. The van der Waals surface area contributed by atoms with E-state index in [1.165, 1.54) is 11.8 Å². The van der Waals surface area contributed by atoms with E-state index in [0.717, 1.165) is 75.2 Å². The highest BCUT2D eigenvalue weighted by Crippen LogP contribution is 2.41. The molecule has 4 N–H and O–H groups in total. The van der Waals surface area contributed by atoms with Crippen LogP contribution < -0.4 is 10.8 Å². The standard InChI is InChI=1S/C48H49N3O7S/c52-31-33-21-23-35(24-22-33)42-29-40(32-59-48-50-45(36-13-5-3-6-14-36)46(58-48)37-15-7-4-8-16-37)56-47(57-42)38-27-25-34(26-28-38)41-18-12-11-17-39(41)30-49-43(53)19-9-1-2-10-20-44(54)51-55/h3-8,11-18,21-28,40,42,47,52,55H,1-2,9-10,19-20,29-32H2,(H,49,53)(H,51,54). The van der Waals surface area contributed by atoms with Gasteiger partial charge in [0.1, 0.15) is 5.69 Å². The molecular weight excluding hydrogens is 763 g/mol. The number of hydrogen-bond acceptors (Lipinski definition) is 9. The van der Waals surface area contributed by atoms with Crippen LogP contribution in [0.4, 0.5) is 0 Å². The highest BCUT2D eigenvalue weighted by atomic mass is 32.2. The molecule has 1 aromatic heterocycles. The van der Waals surface area contributed by atoms with Gasteiger partial charge in [-0.1, -0.05) is 158 Å². The predicted molar refractivity (Wildman–Crippen MR) is 228 cm³/mol. The first-order chi connectivity index (χ1) is 29.0. The molecule has 2 amide bonds. The second-order valence-electron chi connectivity index (χ2n) is 14.6. The van der Waals surface area contributed by atoms with Gasteiger partial charge < -0.3 is 24.3 Å². The van der Waals surface area contributed by atoms with Crippen molar-refractivity contribution < 1.29 is 33.8 Å². The first-order valence-electron chi connectivity index (χ1n) is 20.1. The van der Waals surface area contributed by atoms with Crippen molar-refractivity contribution >= 4 is 23.6 Å². The molecule has 11 heteroatoms. The number of aliphatic hydroxyl groups excluding tert-OH is 1. The number of oxazole rings is 1. The van der Waals surface area contributed by atoms with Crippen LogP contribution in [0.25, 0.3) is 33.7 Å². The summed E-state index contributed by atoms with van der Waals surface area (Å²) < 4.78 is 19.8. The number of rotatable bonds is 18. The van der Waals surface area contributed by atoms with Gasteiger partial charge in [0, 0.05) is 48.3 Å². The molecule has 1 aliphatic heterocycles. The second-order valence-corrected chi connectivity index (χ2v) is 15.5. The van der Waals surface area contributed by atoms with Crippen LogP contribution in [0, 0.1) is 0 Å². The van der Waals surface area contributed by atoms with Crippen molar-refractivity contribution in [2.75, 3.05) is 5.75 Å². The van der Waals surface area contributed by atoms with E-state index in [-0.39, 0.29) is 37.0 Å². The van der Waals surface area contributed by atoms with E-state index in [4.69, 9.17) is 24.1 Å². The molecule has 2 heterocycles. The minimum atomic E-state index is -0.628. The zero-order chi connectivity index (χ0) is 40.8. The van der Waals surface area contributed by atoms with Gasteiger partial charge in [-0.3, -0.25) is 14.8 Å². The van der Waals surface area contributed by atoms with Crippen LogP contribution >= 0.6 is 11.8 Å². The van der Waals surface area contributed by atoms with E-state index in [0.29, 0.717) is 36.8 Å². The molecule has 1 saturated heterocycles. The van der Waals surface area contributed by atoms with Gasteiger partial charge in [-0.2, -0.15) is 0 Å². The Kier molecular flexibility index (Phi) is 14.7. The predicted octanol–water partition coefficient (Wildman–Crippen LogP) is 9.97.